The third-order valence-corrected chi connectivity index (χ3v) is 6.22. The molecule has 1 aliphatic heterocycles. The van der Waals surface area contributed by atoms with Crippen molar-refractivity contribution in [3.05, 3.63) is 59.3 Å². The van der Waals surface area contributed by atoms with Crippen molar-refractivity contribution in [3.63, 3.8) is 0 Å². The number of carbonyl (C=O) groups excluding carboxylic acids is 2. The van der Waals surface area contributed by atoms with E-state index >= 15 is 0 Å². The van der Waals surface area contributed by atoms with Gasteiger partial charge in [0.25, 0.3) is 11.8 Å². The second-order valence-electron chi connectivity index (χ2n) is 8.28. The summed E-state index contributed by atoms with van der Waals surface area (Å²) in [6.07, 6.45) is 2.80. The van der Waals surface area contributed by atoms with Gasteiger partial charge in [0.15, 0.2) is 0 Å². The summed E-state index contributed by atoms with van der Waals surface area (Å²) in [5, 5.41) is 4.54. The quantitative estimate of drug-likeness (QED) is 0.711. The van der Waals surface area contributed by atoms with Gasteiger partial charge in [-0.1, -0.05) is 30.8 Å². The van der Waals surface area contributed by atoms with Crippen LogP contribution in [0.3, 0.4) is 0 Å². The lowest BCUT2D eigenvalue weighted by atomic mass is 9.81. The highest BCUT2D eigenvalue weighted by molar-refractivity contribution is 5.98. The zero-order valence-electron chi connectivity index (χ0n) is 17.1. The summed E-state index contributed by atoms with van der Waals surface area (Å²) in [5.74, 6) is -4.30. The number of nitrogen functional groups attached to an aromatic ring is 1. The van der Waals surface area contributed by atoms with E-state index < -0.39 is 36.7 Å². The first-order chi connectivity index (χ1) is 14.7. The van der Waals surface area contributed by atoms with Crippen LogP contribution in [0.1, 0.15) is 45.9 Å². The maximum Gasteiger partial charge on any atom is 0.267 e. The molecule has 4 N–H and O–H groups in total. The van der Waals surface area contributed by atoms with Gasteiger partial charge in [0, 0.05) is 12.3 Å². The molecule has 2 aliphatic rings. The molecule has 2 amide bonds. The van der Waals surface area contributed by atoms with Crippen LogP contribution >= 0.6 is 0 Å². The first kappa shape index (κ1) is 21.0. The number of hydrogen-bond donors (Lipinski definition) is 2. The molecule has 1 aromatic carbocycles. The van der Waals surface area contributed by atoms with Crippen LogP contribution in [0.2, 0.25) is 0 Å². The minimum absolute atomic E-state index is 0.0441. The molecule has 0 bridgehead atoms. The first-order valence-corrected chi connectivity index (χ1v) is 10.2. The number of amides is 2. The average molecular weight is 429 g/mol. The van der Waals surface area contributed by atoms with E-state index in [0.717, 1.165) is 23.8 Å². The summed E-state index contributed by atoms with van der Waals surface area (Å²) < 4.78 is 29.4. The standard InChI is InChI=1S/C22H25F2N5O2/c1-2-17(30)28-12-22(23,24)10-16(28)11-29-20(25)18(21(26)31)19(27-29)15-8-7-13-5-3-4-6-14(13)9-15/h2-6,15-16H,1,7-12,25H2,(H2,26,31)/t15-,16-/m0/s1. The smallest absolute Gasteiger partial charge is 0.267 e. The molecule has 0 saturated carbocycles. The molecule has 9 heteroatoms. The minimum Gasteiger partial charge on any atom is -0.383 e. The average Bonchev–Trinajstić information content (AvgIpc) is 3.23. The van der Waals surface area contributed by atoms with Gasteiger partial charge in [0.05, 0.1) is 24.8 Å². The van der Waals surface area contributed by atoms with Crippen molar-refractivity contribution in [1.82, 2.24) is 14.7 Å². The number of carbonyl (C=O) groups is 2. The molecule has 1 fully saturated rings. The molecule has 1 aromatic heterocycles. The van der Waals surface area contributed by atoms with Crippen molar-refractivity contribution < 1.29 is 18.4 Å². The number of alkyl halides is 2. The van der Waals surface area contributed by atoms with Crippen molar-refractivity contribution in [1.29, 1.82) is 0 Å². The van der Waals surface area contributed by atoms with Crippen molar-refractivity contribution in [2.45, 2.75) is 50.1 Å². The summed E-state index contributed by atoms with van der Waals surface area (Å²) >= 11 is 0. The van der Waals surface area contributed by atoms with E-state index in [4.69, 9.17) is 11.5 Å². The number of benzene rings is 1. The molecule has 0 radical (unpaired) electrons. The summed E-state index contributed by atoms with van der Waals surface area (Å²) in [4.78, 5) is 25.3. The number of rotatable bonds is 5. The number of halogens is 2. The number of aromatic nitrogens is 2. The minimum atomic E-state index is -3.01. The van der Waals surface area contributed by atoms with Gasteiger partial charge < -0.3 is 16.4 Å². The molecule has 7 nitrogen and oxygen atoms in total. The fourth-order valence-corrected chi connectivity index (χ4v) is 4.74. The Labute approximate surface area is 178 Å². The van der Waals surface area contributed by atoms with Crippen LogP contribution < -0.4 is 11.5 Å². The Balaban J connectivity index is 1.65. The Morgan fingerprint density at radius 2 is 2.00 bits per heavy atom. The van der Waals surface area contributed by atoms with Crippen molar-refractivity contribution in [2.75, 3.05) is 12.3 Å². The lowest BCUT2D eigenvalue weighted by Crippen LogP contribution is -2.38. The van der Waals surface area contributed by atoms with Crippen molar-refractivity contribution in [3.8, 4) is 0 Å². The Morgan fingerprint density at radius 1 is 1.29 bits per heavy atom. The van der Waals surface area contributed by atoms with Crippen LogP contribution in [0.15, 0.2) is 36.9 Å². The van der Waals surface area contributed by atoms with E-state index in [1.54, 1.807) is 0 Å². The normalized spacial score (nSPS) is 22.2. The van der Waals surface area contributed by atoms with Crippen LogP contribution in [-0.2, 0) is 24.2 Å². The van der Waals surface area contributed by atoms with E-state index in [1.165, 1.54) is 15.8 Å². The van der Waals surface area contributed by atoms with E-state index in [-0.39, 0.29) is 23.8 Å². The predicted octanol–water partition coefficient (Wildman–Crippen LogP) is 2.26. The van der Waals surface area contributed by atoms with Crippen LogP contribution in [0.25, 0.3) is 0 Å². The maximum atomic E-state index is 14.0. The number of primary amides is 1. The van der Waals surface area contributed by atoms with Crippen LogP contribution in [-0.4, -0.2) is 45.0 Å². The number of nitrogens with two attached hydrogens (primary N) is 2. The number of hydrogen-bond acceptors (Lipinski definition) is 4. The zero-order chi connectivity index (χ0) is 22.3. The van der Waals surface area contributed by atoms with Crippen LogP contribution in [0.5, 0.6) is 0 Å². The van der Waals surface area contributed by atoms with E-state index in [9.17, 15) is 18.4 Å². The molecule has 2 heterocycles. The lowest BCUT2D eigenvalue weighted by Gasteiger charge is -2.24. The van der Waals surface area contributed by atoms with Gasteiger partial charge in [0.1, 0.15) is 11.4 Å². The molecule has 4 rings (SSSR count). The van der Waals surface area contributed by atoms with Gasteiger partial charge in [-0.05, 0) is 36.5 Å². The third-order valence-electron chi connectivity index (χ3n) is 6.22. The molecule has 1 saturated heterocycles. The molecule has 0 unspecified atom stereocenters. The summed E-state index contributed by atoms with van der Waals surface area (Å²) in [5.41, 5.74) is 14.9. The molecule has 31 heavy (non-hydrogen) atoms. The monoisotopic (exact) mass is 429 g/mol. The number of nitrogens with zero attached hydrogens (tertiary/aromatic N) is 3. The van der Waals surface area contributed by atoms with Crippen molar-refractivity contribution in [2.24, 2.45) is 5.73 Å². The van der Waals surface area contributed by atoms with Gasteiger partial charge in [-0.2, -0.15) is 5.10 Å². The fourth-order valence-electron chi connectivity index (χ4n) is 4.74. The number of likely N-dealkylation sites (tertiary alicyclic amines) is 1. The number of fused-ring (bicyclic) bond motifs is 1. The predicted molar refractivity (Wildman–Crippen MR) is 112 cm³/mol. The van der Waals surface area contributed by atoms with Gasteiger partial charge in [-0.15, -0.1) is 0 Å². The SMILES string of the molecule is C=CC(=O)N1CC(F)(F)C[C@H]1Cn1nc([C@H]2CCc3ccccc3C2)c(C(N)=O)c1N. The Morgan fingerprint density at radius 3 is 2.68 bits per heavy atom. The van der Waals surface area contributed by atoms with E-state index in [1.807, 2.05) is 18.2 Å². The third kappa shape index (κ3) is 3.92. The number of anilines is 1. The molecule has 1 aliphatic carbocycles. The second kappa shape index (κ2) is 7.79. The molecular weight excluding hydrogens is 404 g/mol. The highest BCUT2D eigenvalue weighted by Gasteiger charge is 2.47. The summed E-state index contributed by atoms with van der Waals surface area (Å²) in [7, 11) is 0. The number of aryl methyl sites for hydroxylation is 1. The molecule has 2 atom stereocenters. The zero-order valence-corrected chi connectivity index (χ0v) is 17.1. The van der Waals surface area contributed by atoms with E-state index in [2.05, 4.69) is 17.7 Å². The maximum absolute atomic E-state index is 14.0. The topological polar surface area (TPSA) is 107 Å². The van der Waals surface area contributed by atoms with Crippen LogP contribution in [0, 0.1) is 0 Å². The Hall–Kier alpha value is -3.23. The Kier molecular flexibility index (Phi) is 5.28. The summed E-state index contributed by atoms with van der Waals surface area (Å²) in [6.45, 7) is 2.66. The van der Waals surface area contributed by atoms with Gasteiger partial charge >= 0.3 is 0 Å². The second-order valence-corrected chi connectivity index (χ2v) is 8.28. The fraction of sp³-hybridized carbons (Fsp3) is 0.409. The van der Waals surface area contributed by atoms with Gasteiger partial charge in [0.2, 0.25) is 5.91 Å². The molecular formula is C22H25F2N5O2. The van der Waals surface area contributed by atoms with Gasteiger partial charge in [-0.25, -0.2) is 13.5 Å². The Bertz CT molecular complexity index is 1050. The van der Waals surface area contributed by atoms with Gasteiger partial charge in [-0.3, -0.25) is 9.59 Å². The molecule has 0 spiro atoms. The first-order valence-electron chi connectivity index (χ1n) is 10.2. The molecule has 2 aromatic rings. The highest BCUT2D eigenvalue weighted by atomic mass is 19.3. The van der Waals surface area contributed by atoms with Crippen molar-refractivity contribution >= 4 is 17.6 Å². The van der Waals surface area contributed by atoms with E-state index in [0.29, 0.717) is 12.1 Å². The summed E-state index contributed by atoms with van der Waals surface area (Å²) in [6, 6.07) is 7.27. The van der Waals surface area contributed by atoms with Crippen LogP contribution in [0.4, 0.5) is 14.6 Å². The highest BCUT2D eigenvalue weighted by Crippen LogP contribution is 2.37. The molecule has 164 valence electrons. The largest absolute Gasteiger partial charge is 0.383 e. The lowest BCUT2D eigenvalue weighted by molar-refractivity contribution is -0.128.